The number of fused-ring (bicyclic) bond motifs is 1. The van der Waals surface area contributed by atoms with Crippen LogP contribution in [0.3, 0.4) is 0 Å². The standard InChI is InChI=1S/C21H24BrN3O3S/c22-13-6-8-14(9-7-13)24-20(27)19-16-4-1-5-17(16)29-21(19)25-18(26)12-23-11-15-3-2-10-28-15/h6-9,15,23H,1-5,10-12H2,(H,24,27)(H,25,26)/p+1/t15-/m1/s1. The zero-order valence-corrected chi connectivity index (χ0v) is 18.5. The minimum absolute atomic E-state index is 0.0828. The van der Waals surface area contributed by atoms with Gasteiger partial charge in [0.15, 0.2) is 6.54 Å². The average Bonchev–Trinajstić information content (AvgIpc) is 3.41. The summed E-state index contributed by atoms with van der Waals surface area (Å²) in [5, 5.41) is 8.59. The van der Waals surface area contributed by atoms with Crippen LogP contribution in [0.25, 0.3) is 0 Å². The molecule has 0 saturated carbocycles. The Morgan fingerprint density at radius 2 is 2.00 bits per heavy atom. The van der Waals surface area contributed by atoms with Crippen LogP contribution in [0.4, 0.5) is 10.7 Å². The maximum Gasteiger partial charge on any atom is 0.280 e. The first-order valence-electron chi connectivity index (χ1n) is 10.0. The minimum atomic E-state index is -0.162. The average molecular weight is 479 g/mol. The fourth-order valence-corrected chi connectivity index (χ4v) is 5.43. The number of halogens is 1. The van der Waals surface area contributed by atoms with E-state index in [0.29, 0.717) is 17.1 Å². The summed E-state index contributed by atoms with van der Waals surface area (Å²) >= 11 is 4.94. The highest BCUT2D eigenvalue weighted by molar-refractivity contribution is 9.10. The normalized spacial score (nSPS) is 17.9. The molecule has 1 aliphatic carbocycles. The number of aryl methyl sites for hydroxylation is 1. The number of nitrogens with one attached hydrogen (secondary N) is 2. The van der Waals surface area contributed by atoms with E-state index >= 15 is 0 Å². The number of quaternary nitrogens is 1. The molecular weight excluding hydrogens is 454 g/mol. The third kappa shape index (κ3) is 5.06. The van der Waals surface area contributed by atoms with Crippen molar-refractivity contribution >= 4 is 49.8 Å². The van der Waals surface area contributed by atoms with Crippen LogP contribution in [-0.2, 0) is 22.4 Å². The topological polar surface area (TPSA) is 84.0 Å². The molecule has 2 aliphatic rings. The Hall–Kier alpha value is -1.74. The van der Waals surface area contributed by atoms with Gasteiger partial charge in [0.25, 0.3) is 11.8 Å². The highest BCUT2D eigenvalue weighted by Crippen LogP contribution is 2.39. The number of hydrogen-bond acceptors (Lipinski definition) is 4. The molecule has 8 heteroatoms. The van der Waals surface area contributed by atoms with Crippen LogP contribution in [0.15, 0.2) is 28.7 Å². The molecule has 1 saturated heterocycles. The van der Waals surface area contributed by atoms with E-state index in [2.05, 4.69) is 26.6 Å². The van der Waals surface area contributed by atoms with Crippen LogP contribution in [-0.4, -0.2) is 37.6 Å². The number of carbonyl (C=O) groups excluding carboxylic acids is 2. The van der Waals surface area contributed by atoms with Gasteiger partial charge in [-0.1, -0.05) is 15.9 Å². The van der Waals surface area contributed by atoms with E-state index in [1.807, 2.05) is 29.6 Å². The van der Waals surface area contributed by atoms with E-state index in [0.717, 1.165) is 61.0 Å². The second kappa shape index (κ2) is 9.38. The van der Waals surface area contributed by atoms with Gasteiger partial charge in [-0.2, -0.15) is 0 Å². The number of hydrogen-bond donors (Lipinski definition) is 3. The van der Waals surface area contributed by atoms with E-state index in [1.54, 1.807) is 0 Å². The molecule has 1 atom stereocenters. The van der Waals surface area contributed by atoms with Crippen molar-refractivity contribution in [2.24, 2.45) is 0 Å². The lowest BCUT2D eigenvalue weighted by Gasteiger charge is -2.10. The summed E-state index contributed by atoms with van der Waals surface area (Å²) in [6.45, 7) is 1.95. The van der Waals surface area contributed by atoms with Crippen molar-refractivity contribution in [2.45, 2.75) is 38.2 Å². The van der Waals surface area contributed by atoms with Crippen LogP contribution < -0.4 is 16.0 Å². The first kappa shape index (κ1) is 20.5. The van der Waals surface area contributed by atoms with E-state index in [1.165, 1.54) is 16.2 Å². The molecule has 6 nitrogen and oxygen atoms in total. The Labute approximate surface area is 182 Å². The Morgan fingerprint density at radius 3 is 2.76 bits per heavy atom. The highest BCUT2D eigenvalue weighted by Gasteiger charge is 2.28. The van der Waals surface area contributed by atoms with Gasteiger partial charge in [-0.25, -0.2) is 0 Å². The lowest BCUT2D eigenvalue weighted by molar-refractivity contribution is -0.649. The van der Waals surface area contributed by atoms with E-state index < -0.39 is 0 Å². The van der Waals surface area contributed by atoms with Crippen molar-refractivity contribution in [3.05, 3.63) is 44.7 Å². The van der Waals surface area contributed by atoms with E-state index in [9.17, 15) is 9.59 Å². The van der Waals surface area contributed by atoms with Crippen molar-refractivity contribution in [1.29, 1.82) is 0 Å². The first-order chi connectivity index (χ1) is 14.1. The lowest BCUT2D eigenvalue weighted by atomic mass is 10.1. The summed E-state index contributed by atoms with van der Waals surface area (Å²) < 4.78 is 6.55. The zero-order valence-electron chi connectivity index (χ0n) is 16.1. The molecule has 4 N–H and O–H groups in total. The number of carbonyl (C=O) groups is 2. The molecule has 0 unspecified atom stereocenters. The molecule has 2 amide bonds. The number of nitrogens with two attached hydrogens (primary N) is 1. The van der Waals surface area contributed by atoms with Crippen LogP contribution in [0.1, 0.15) is 40.1 Å². The summed E-state index contributed by atoms with van der Waals surface area (Å²) in [6.07, 6.45) is 5.33. The molecule has 0 bridgehead atoms. The molecule has 1 fully saturated rings. The molecule has 154 valence electrons. The second-order valence-corrected chi connectivity index (χ2v) is 9.46. The SMILES string of the molecule is O=C(C[NH2+]C[C@H]1CCCO1)Nc1sc2c(c1C(=O)Nc1ccc(Br)cc1)CCC2. The summed E-state index contributed by atoms with van der Waals surface area (Å²) in [5.74, 6) is -0.244. The lowest BCUT2D eigenvalue weighted by Crippen LogP contribution is -2.88. The monoisotopic (exact) mass is 478 g/mol. The Kier molecular flexibility index (Phi) is 6.64. The predicted octanol–water partition coefficient (Wildman–Crippen LogP) is 2.93. The molecule has 1 aliphatic heterocycles. The van der Waals surface area contributed by atoms with Gasteiger partial charge >= 0.3 is 0 Å². The summed E-state index contributed by atoms with van der Waals surface area (Å²) in [7, 11) is 0. The molecule has 1 aromatic carbocycles. The molecule has 0 radical (unpaired) electrons. The van der Waals surface area contributed by atoms with Gasteiger partial charge in [0.2, 0.25) is 0 Å². The van der Waals surface area contributed by atoms with Crippen LogP contribution >= 0.6 is 27.3 Å². The quantitative estimate of drug-likeness (QED) is 0.571. The van der Waals surface area contributed by atoms with Crippen LogP contribution in [0.2, 0.25) is 0 Å². The molecule has 1 aromatic heterocycles. The number of amides is 2. The fourth-order valence-electron chi connectivity index (χ4n) is 3.87. The molecule has 2 aromatic rings. The number of anilines is 2. The maximum atomic E-state index is 13.0. The third-order valence-corrected chi connectivity index (χ3v) is 7.02. The second-order valence-electron chi connectivity index (χ2n) is 7.43. The van der Waals surface area contributed by atoms with Crippen molar-refractivity contribution in [2.75, 3.05) is 30.3 Å². The molecule has 0 spiro atoms. The van der Waals surface area contributed by atoms with E-state index in [-0.39, 0.29) is 17.9 Å². The largest absolute Gasteiger partial charge is 0.372 e. The van der Waals surface area contributed by atoms with Gasteiger partial charge in [0.05, 0.1) is 5.56 Å². The third-order valence-electron chi connectivity index (χ3n) is 5.29. The molecule has 4 rings (SSSR count). The zero-order chi connectivity index (χ0) is 20.2. The molecule has 2 heterocycles. The fraction of sp³-hybridized carbons (Fsp3) is 0.429. The Balaban J connectivity index is 1.42. The van der Waals surface area contributed by atoms with Crippen LogP contribution in [0, 0.1) is 0 Å². The Morgan fingerprint density at radius 1 is 1.17 bits per heavy atom. The van der Waals surface area contributed by atoms with Gasteiger partial charge in [-0.05, 0) is 61.9 Å². The van der Waals surface area contributed by atoms with Crippen molar-refractivity contribution in [3.63, 3.8) is 0 Å². The van der Waals surface area contributed by atoms with Gasteiger partial charge in [0, 0.05) is 21.6 Å². The predicted molar refractivity (Wildman–Crippen MR) is 118 cm³/mol. The first-order valence-corrected chi connectivity index (χ1v) is 11.7. The number of thiophene rings is 1. The van der Waals surface area contributed by atoms with Gasteiger partial charge in [-0.3, -0.25) is 9.59 Å². The van der Waals surface area contributed by atoms with Crippen LogP contribution in [0.5, 0.6) is 0 Å². The van der Waals surface area contributed by atoms with Crippen molar-refractivity contribution in [3.8, 4) is 0 Å². The van der Waals surface area contributed by atoms with E-state index in [4.69, 9.17) is 4.74 Å². The number of rotatable bonds is 7. The smallest absolute Gasteiger partial charge is 0.280 e. The molecule has 29 heavy (non-hydrogen) atoms. The summed E-state index contributed by atoms with van der Waals surface area (Å²) in [5.41, 5.74) is 2.44. The van der Waals surface area contributed by atoms with Crippen molar-refractivity contribution < 1.29 is 19.6 Å². The Bertz CT molecular complexity index is 891. The van der Waals surface area contributed by atoms with Gasteiger partial charge < -0.3 is 20.7 Å². The summed E-state index contributed by atoms with van der Waals surface area (Å²) in [6, 6.07) is 7.49. The molecular formula is C21H25BrN3O3S+. The highest BCUT2D eigenvalue weighted by atomic mass is 79.9. The van der Waals surface area contributed by atoms with Crippen molar-refractivity contribution in [1.82, 2.24) is 0 Å². The van der Waals surface area contributed by atoms with Gasteiger partial charge in [-0.15, -0.1) is 11.3 Å². The van der Waals surface area contributed by atoms with Gasteiger partial charge in [0.1, 0.15) is 17.6 Å². The minimum Gasteiger partial charge on any atom is -0.372 e. The maximum absolute atomic E-state index is 13.0. The number of benzene rings is 1. The number of ether oxygens (including phenoxy) is 1. The summed E-state index contributed by atoms with van der Waals surface area (Å²) in [4.78, 5) is 26.7.